The van der Waals surface area contributed by atoms with Gasteiger partial charge in [-0.15, -0.1) is 11.3 Å². The van der Waals surface area contributed by atoms with Gasteiger partial charge in [0.2, 0.25) is 11.8 Å². The summed E-state index contributed by atoms with van der Waals surface area (Å²) in [5.74, 6) is -0.342. The molecule has 0 radical (unpaired) electrons. The Morgan fingerprint density at radius 1 is 1.50 bits per heavy atom. The Morgan fingerprint density at radius 3 is 2.91 bits per heavy atom. The fraction of sp³-hybridized carbons (Fsp3) is 0.625. The number of nitrogens with zero attached hydrogens (tertiary/aromatic N) is 1. The first-order chi connectivity index (χ1) is 10.4. The lowest BCUT2D eigenvalue weighted by Gasteiger charge is -2.39. The van der Waals surface area contributed by atoms with Crippen LogP contribution in [0, 0.1) is 5.92 Å². The maximum Gasteiger partial charge on any atom is 0.239 e. The normalized spacial score (nSPS) is 24.8. The van der Waals surface area contributed by atoms with Crippen LogP contribution >= 0.6 is 11.3 Å². The van der Waals surface area contributed by atoms with Crippen molar-refractivity contribution in [1.29, 1.82) is 0 Å². The van der Waals surface area contributed by atoms with E-state index in [-0.39, 0.29) is 24.3 Å². The number of carbonyl (C=O) groups is 2. The van der Waals surface area contributed by atoms with Gasteiger partial charge in [-0.2, -0.15) is 0 Å². The third-order valence-electron chi connectivity index (χ3n) is 4.35. The smallest absolute Gasteiger partial charge is 0.239 e. The molecule has 6 heteroatoms. The summed E-state index contributed by atoms with van der Waals surface area (Å²) in [7, 11) is 1.68. The first-order valence-corrected chi connectivity index (χ1v) is 8.61. The van der Waals surface area contributed by atoms with E-state index in [0.717, 1.165) is 30.6 Å². The first kappa shape index (κ1) is 17.0. The molecular formula is C16H25N3O2S. The first-order valence-electron chi connectivity index (χ1n) is 7.73. The molecule has 1 saturated carbocycles. The van der Waals surface area contributed by atoms with Gasteiger partial charge in [0.05, 0.1) is 19.0 Å². The third kappa shape index (κ3) is 4.30. The summed E-state index contributed by atoms with van der Waals surface area (Å²) in [6.07, 6.45) is 3.78. The molecule has 3 N–H and O–H groups in total. The van der Waals surface area contributed by atoms with Crippen molar-refractivity contribution in [3.63, 3.8) is 0 Å². The van der Waals surface area contributed by atoms with E-state index in [1.807, 2.05) is 24.4 Å². The Hall–Kier alpha value is -1.40. The molecule has 1 heterocycles. The van der Waals surface area contributed by atoms with E-state index < -0.39 is 5.54 Å². The fourth-order valence-electron chi connectivity index (χ4n) is 2.98. The molecular weight excluding hydrogens is 298 g/mol. The predicted octanol–water partition coefficient (Wildman–Crippen LogP) is 1.73. The number of likely N-dealkylation sites (N-methyl/N-ethyl adjacent to an activating group) is 1. The number of amides is 2. The maximum absolute atomic E-state index is 12.6. The summed E-state index contributed by atoms with van der Waals surface area (Å²) in [5.41, 5.74) is 5.81. The lowest BCUT2D eigenvalue weighted by Crippen LogP contribution is -2.54. The molecule has 2 unspecified atom stereocenters. The minimum absolute atomic E-state index is 0.0176. The molecule has 0 aliphatic heterocycles. The van der Waals surface area contributed by atoms with Crippen LogP contribution in [0.4, 0.5) is 0 Å². The summed E-state index contributed by atoms with van der Waals surface area (Å²) in [6.45, 7) is 2.53. The van der Waals surface area contributed by atoms with Crippen molar-refractivity contribution in [2.75, 3.05) is 13.6 Å². The van der Waals surface area contributed by atoms with Crippen LogP contribution in [-0.4, -0.2) is 35.8 Å². The van der Waals surface area contributed by atoms with Gasteiger partial charge in [-0.3, -0.25) is 9.59 Å². The minimum atomic E-state index is -0.461. The maximum atomic E-state index is 12.6. The van der Waals surface area contributed by atoms with E-state index in [4.69, 9.17) is 5.73 Å². The molecule has 0 spiro atoms. The van der Waals surface area contributed by atoms with Crippen molar-refractivity contribution in [3.8, 4) is 0 Å². The van der Waals surface area contributed by atoms with E-state index in [1.54, 1.807) is 18.4 Å². The van der Waals surface area contributed by atoms with Gasteiger partial charge >= 0.3 is 0 Å². The fourth-order valence-corrected chi connectivity index (χ4v) is 3.62. The number of nitrogens with two attached hydrogens (primary N) is 1. The molecule has 0 saturated heterocycles. The Kier molecular flexibility index (Phi) is 5.58. The van der Waals surface area contributed by atoms with Gasteiger partial charge in [0.1, 0.15) is 0 Å². The van der Waals surface area contributed by atoms with Crippen LogP contribution in [0.1, 0.15) is 37.5 Å². The Labute approximate surface area is 135 Å². The quantitative estimate of drug-likeness (QED) is 0.866. The highest BCUT2D eigenvalue weighted by atomic mass is 32.1. The van der Waals surface area contributed by atoms with Crippen LogP contribution in [-0.2, 0) is 16.1 Å². The molecule has 1 fully saturated rings. The van der Waals surface area contributed by atoms with Crippen molar-refractivity contribution in [1.82, 2.24) is 10.2 Å². The zero-order valence-electron chi connectivity index (χ0n) is 13.3. The van der Waals surface area contributed by atoms with Crippen molar-refractivity contribution >= 4 is 23.2 Å². The molecule has 0 aromatic carbocycles. The van der Waals surface area contributed by atoms with Crippen molar-refractivity contribution in [2.45, 2.75) is 44.7 Å². The molecule has 1 aliphatic rings. The van der Waals surface area contributed by atoms with E-state index in [2.05, 4.69) is 5.32 Å². The molecule has 2 atom stereocenters. The Morgan fingerprint density at radius 2 is 2.27 bits per heavy atom. The van der Waals surface area contributed by atoms with Crippen molar-refractivity contribution in [2.24, 2.45) is 11.7 Å². The van der Waals surface area contributed by atoms with Crippen LogP contribution < -0.4 is 11.1 Å². The number of carbonyl (C=O) groups excluding carboxylic acids is 2. The molecule has 1 aliphatic carbocycles. The molecule has 1 aromatic heterocycles. The van der Waals surface area contributed by atoms with Gasteiger partial charge < -0.3 is 16.0 Å². The highest BCUT2D eigenvalue weighted by Gasteiger charge is 2.39. The second kappa shape index (κ2) is 7.24. The molecule has 22 heavy (non-hydrogen) atoms. The van der Waals surface area contributed by atoms with Gasteiger partial charge in [0.15, 0.2) is 0 Å². The number of hydrogen-bond acceptors (Lipinski definition) is 4. The number of nitrogens with one attached hydrogen (secondary N) is 1. The van der Waals surface area contributed by atoms with Crippen LogP contribution in [0.3, 0.4) is 0 Å². The van der Waals surface area contributed by atoms with Gasteiger partial charge in [0.25, 0.3) is 0 Å². The van der Waals surface area contributed by atoms with Crippen LogP contribution in [0.25, 0.3) is 0 Å². The largest absolute Gasteiger partial charge is 0.350 e. The third-order valence-corrected chi connectivity index (χ3v) is 5.23. The van der Waals surface area contributed by atoms with E-state index in [9.17, 15) is 9.59 Å². The van der Waals surface area contributed by atoms with E-state index >= 15 is 0 Å². The lowest BCUT2D eigenvalue weighted by atomic mass is 9.74. The van der Waals surface area contributed by atoms with Gasteiger partial charge in [-0.05, 0) is 31.2 Å². The molecule has 5 nitrogen and oxygen atoms in total. The zero-order chi connectivity index (χ0) is 16.2. The van der Waals surface area contributed by atoms with Crippen LogP contribution in [0.5, 0.6) is 0 Å². The summed E-state index contributed by atoms with van der Waals surface area (Å²) < 4.78 is 0. The zero-order valence-corrected chi connectivity index (χ0v) is 14.1. The van der Waals surface area contributed by atoms with Crippen LogP contribution in [0.2, 0.25) is 0 Å². The molecule has 2 amide bonds. The van der Waals surface area contributed by atoms with Gasteiger partial charge in [-0.1, -0.05) is 18.9 Å². The highest BCUT2D eigenvalue weighted by molar-refractivity contribution is 7.09. The average Bonchev–Trinajstić information content (AvgIpc) is 2.97. The highest BCUT2D eigenvalue weighted by Crippen LogP contribution is 2.32. The summed E-state index contributed by atoms with van der Waals surface area (Å²) in [5, 5.41) is 4.82. The molecule has 2 rings (SSSR count). The number of hydrogen-bond donors (Lipinski definition) is 2. The van der Waals surface area contributed by atoms with Gasteiger partial charge in [0, 0.05) is 17.5 Å². The number of rotatable bonds is 5. The summed E-state index contributed by atoms with van der Waals surface area (Å²) in [4.78, 5) is 27.1. The average molecular weight is 323 g/mol. The monoisotopic (exact) mass is 323 g/mol. The topological polar surface area (TPSA) is 75.4 Å². The van der Waals surface area contributed by atoms with Crippen molar-refractivity contribution < 1.29 is 9.59 Å². The second-order valence-electron chi connectivity index (χ2n) is 6.35. The number of thiophene rings is 1. The minimum Gasteiger partial charge on any atom is -0.350 e. The van der Waals surface area contributed by atoms with Crippen molar-refractivity contribution in [3.05, 3.63) is 22.4 Å². The Bertz CT molecular complexity index is 513. The standard InChI is InChI=1S/C16H25N3O2S/c1-16(17)8-4-3-7-13(16)15(21)19(2)11-14(20)18-10-12-6-5-9-22-12/h5-6,9,13H,3-4,7-8,10-11,17H2,1-2H3,(H,18,20). The SMILES string of the molecule is CN(CC(=O)NCc1cccs1)C(=O)C1CCCCC1(C)N. The molecule has 122 valence electrons. The van der Waals surface area contributed by atoms with Gasteiger partial charge in [-0.25, -0.2) is 0 Å². The lowest BCUT2D eigenvalue weighted by molar-refractivity contribution is -0.140. The van der Waals surface area contributed by atoms with E-state index in [1.165, 1.54) is 4.90 Å². The predicted molar refractivity (Wildman–Crippen MR) is 88.4 cm³/mol. The van der Waals surface area contributed by atoms with E-state index in [0.29, 0.717) is 6.54 Å². The van der Waals surface area contributed by atoms with Crippen LogP contribution in [0.15, 0.2) is 17.5 Å². The molecule has 1 aromatic rings. The summed E-state index contributed by atoms with van der Waals surface area (Å²) in [6, 6.07) is 3.93. The second-order valence-corrected chi connectivity index (χ2v) is 7.39. The Balaban J connectivity index is 1.83. The summed E-state index contributed by atoms with van der Waals surface area (Å²) >= 11 is 1.60. The molecule has 0 bridgehead atoms.